The number of amides is 2. The molecule has 0 saturated heterocycles. The fraction of sp³-hybridized carbons (Fsp3) is 0.385. The predicted molar refractivity (Wildman–Crippen MR) is 77.2 cm³/mol. The fourth-order valence-electron chi connectivity index (χ4n) is 2.05. The Bertz CT molecular complexity index is 531. The molecule has 0 fully saturated rings. The number of rotatable bonds is 4. The molecule has 1 heterocycles. The number of nitrogens with zero attached hydrogens (tertiary/aromatic N) is 2. The molecular formula is C13H16BrN3O2. The first kappa shape index (κ1) is 14.0. The highest BCUT2D eigenvalue weighted by Gasteiger charge is 2.34. The summed E-state index contributed by atoms with van der Waals surface area (Å²) in [6.45, 7) is 2.93. The van der Waals surface area contributed by atoms with Gasteiger partial charge in [-0.25, -0.2) is 4.79 Å². The third-order valence-corrected chi connectivity index (χ3v) is 3.96. The van der Waals surface area contributed by atoms with Crippen LogP contribution in [0.5, 0.6) is 0 Å². The van der Waals surface area contributed by atoms with E-state index in [0.717, 1.165) is 15.6 Å². The number of methoxy groups -OCH3 is 1. The maximum atomic E-state index is 11.8. The van der Waals surface area contributed by atoms with E-state index in [9.17, 15) is 4.79 Å². The van der Waals surface area contributed by atoms with Gasteiger partial charge in [-0.1, -0.05) is 28.1 Å². The molecule has 0 bridgehead atoms. The molecule has 1 aromatic carbocycles. The van der Waals surface area contributed by atoms with Crippen molar-refractivity contribution < 1.29 is 9.53 Å². The second-order valence-electron chi connectivity index (χ2n) is 4.42. The highest BCUT2D eigenvalue weighted by Crippen LogP contribution is 2.29. The van der Waals surface area contributed by atoms with Gasteiger partial charge in [-0.15, -0.1) is 0 Å². The van der Waals surface area contributed by atoms with E-state index in [1.807, 2.05) is 25.1 Å². The monoisotopic (exact) mass is 325 g/mol. The van der Waals surface area contributed by atoms with E-state index in [-0.39, 0.29) is 12.1 Å². The van der Waals surface area contributed by atoms with Gasteiger partial charge in [0.25, 0.3) is 0 Å². The van der Waals surface area contributed by atoms with Crippen LogP contribution in [0.3, 0.4) is 0 Å². The van der Waals surface area contributed by atoms with Crippen LogP contribution in [0.15, 0.2) is 27.7 Å². The highest BCUT2D eigenvalue weighted by molar-refractivity contribution is 9.10. The van der Waals surface area contributed by atoms with Crippen molar-refractivity contribution in [3.8, 4) is 0 Å². The topological polar surface area (TPSA) is 67.9 Å². The first-order valence-corrected chi connectivity index (χ1v) is 6.73. The number of nitrogens with two attached hydrogens (primary N) is 1. The zero-order chi connectivity index (χ0) is 14.0. The van der Waals surface area contributed by atoms with Crippen molar-refractivity contribution in [1.82, 2.24) is 4.90 Å². The summed E-state index contributed by atoms with van der Waals surface area (Å²) in [5, 5.41) is 0. The number of carbonyl (C=O) groups is 1. The number of hydrogen-bond acceptors (Lipinski definition) is 3. The Morgan fingerprint density at radius 2 is 2.26 bits per heavy atom. The molecule has 1 aliphatic rings. The molecule has 0 saturated carbocycles. The van der Waals surface area contributed by atoms with Gasteiger partial charge in [0.1, 0.15) is 11.9 Å². The summed E-state index contributed by atoms with van der Waals surface area (Å²) in [6.07, 6.45) is 0. The lowest BCUT2D eigenvalue weighted by Crippen LogP contribution is -2.35. The standard InChI is InChI=1S/C13H16BrN3O2/c1-8-3-4-9(7-10(8)14)11-12(15)16-13(18)17(11)5-6-19-2/h3-4,7,11H,5-6H2,1-2H3,(H2,15,16,18). The molecule has 19 heavy (non-hydrogen) atoms. The number of carbonyl (C=O) groups excluding carboxylic acids is 1. The fourth-order valence-corrected chi connectivity index (χ4v) is 2.45. The van der Waals surface area contributed by atoms with Crippen LogP contribution in [0.1, 0.15) is 17.2 Å². The molecule has 6 heteroatoms. The van der Waals surface area contributed by atoms with Crippen LogP contribution in [-0.4, -0.2) is 37.0 Å². The minimum Gasteiger partial charge on any atom is -0.385 e. The largest absolute Gasteiger partial charge is 0.385 e. The summed E-state index contributed by atoms with van der Waals surface area (Å²) >= 11 is 3.49. The summed E-state index contributed by atoms with van der Waals surface area (Å²) < 4.78 is 6.01. The van der Waals surface area contributed by atoms with Gasteiger partial charge in [0.2, 0.25) is 0 Å². The molecule has 0 radical (unpaired) electrons. The van der Waals surface area contributed by atoms with Crippen molar-refractivity contribution in [3.05, 3.63) is 33.8 Å². The van der Waals surface area contributed by atoms with Crippen molar-refractivity contribution in [2.24, 2.45) is 10.7 Å². The SMILES string of the molecule is COCCN1C(=O)N=C(N)C1c1ccc(C)c(Br)c1. The average molecular weight is 326 g/mol. The molecule has 0 aliphatic carbocycles. The van der Waals surface area contributed by atoms with Crippen LogP contribution in [0.4, 0.5) is 4.79 Å². The van der Waals surface area contributed by atoms with E-state index in [0.29, 0.717) is 19.0 Å². The normalized spacial score (nSPS) is 18.9. The summed E-state index contributed by atoms with van der Waals surface area (Å²) in [6, 6.07) is 5.31. The maximum Gasteiger partial charge on any atom is 0.346 e. The Kier molecular flexibility index (Phi) is 4.21. The summed E-state index contributed by atoms with van der Waals surface area (Å²) in [5.41, 5.74) is 7.96. The van der Waals surface area contributed by atoms with E-state index in [4.69, 9.17) is 10.5 Å². The molecule has 102 valence electrons. The van der Waals surface area contributed by atoms with Gasteiger partial charge < -0.3 is 15.4 Å². The Labute approximate surface area is 120 Å². The number of aryl methyl sites for hydroxylation is 1. The molecule has 1 aromatic rings. The summed E-state index contributed by atoms with van der Waals surface area (Å²) in [5.74, 6) is 0.330. The number of amidine groups is 1. The van der Waals surface area contributed by atoms with E-state index >= 15 is 0 Å². The summed E-state index contributed by atoms with van der Waals surface area (Å²) in [4.78, 5) is 17.3. The quantitative estimate of drug-likeness (QED) is 0.923. The Morgan fingerprint density at radius 3 is 2.89 bits per heavy atom. The number of urea groups is 1. The van der Waals surface area contributed by atoms with Gasteiger partial charge in [-0.05, 0) is 24.1 Å². The second kappa shape index (κ2) is 5.71. The molecule has 2 amide bonds. The van der Waals surface area contributed by atoms with Crippen LogP contribution < -0.4 is 5.73 Å². The molecule has 1 atom stereocenters. The lowest BCUT2D eigenvalue weighted by molar-refractivity contribution is 0.150. The average Bonchev–Trinajstić information content (AvgIpc) is 2.65. The number of hydrogen-bond donors (Lipinski definition) is 1. The zero-order valence-corrected chi connectivity index (χ0v) is 12.5. The van der Waals surface area contributed by atoms with E-state index < -0.39 is 0 Å². The van der Waals surface area contributed by atoms with E-state index in [2.05, 4.69) is 20.9 Å². The number of ether oxygens (including phenoxy) is 1. The van der Waals surface area contributed by atoms with Crippen molar-refractivity contribution >= 4 is 27.8 Å². The van der Waals surface area contributed by atoms with Gasteiger partial charge in [-0.3, -0.25) is 0 Å². The van der Waals surface area contributed by atoms with Crippen LogP contribution in [-0.2, 0) is 4.74 Å². The first-order chi connectivity index (χ1) is 9.04. The third-order valence-electron chi connectivity index (χ3n) is 3.11. The smallest absolute Gasteiger partial charge is 0.346 e. The molecule has 2 N–H and O–H groups in total. The molecule has 1 aliphatic heterocycles. The van der Waals surface area contributed by atoms with Crippen LogP contribution >= 0.6 is 15.9 Å². The molecule has 0 spiro atoms. The maximum absolute atomic E-state index is 11.8. The third kappa shape index (κ3) is 2.79. The summed E-state index contributed by atoms with van der Waals surface area (Å²) in [7, 11) is 1.60. The van der Waals surface area contributed by atoms with Gasteiger partial charge in [0.15, 0.2) is 0 Å². The number of benzene rings is 1. The number of halogens is 1. The van der Waals surface area contributed by atoms with Crippen LogP contribution in [0.2, 0.25) is 0 Å². The van der Waals surface area contributed by atoms with Crippen LogP contribution in [0.25, 0.3) is 0 Å². The van der Waals surface area contributed by atoms with Crippen molar-refractivity contribution in [3.63, 3.8) is 0 Å². The van der Waals surface area contributed by atoms with E-state index in [1.54, 1.807) is 12.0 Å². The Morgan fingerprint density at radius 1 is 1.53 bits per heavy atom. The van der Waals surface area contributed by atoms with Crippen LogP contribution in [0, 0.1) is 6.92 Å². The van der Waals surface area contributed by atoms with Crippen molar-refractivity contribution in [1.29, 1.82) is 0 Å². The molecule has 1 unspecified atom stereocenters. The molecule has 2 rings (SSSR count). The molecule has 0 aromatic heterocycles. The van der Waals surface area contributed by atoms with E-state index in [1.165, 1.54) is 0 Å². The minimum absolute atomic E-state index is 0.306. The van der Waals surface area contributed by atoms with Gasteiger partial charge in [0.05, 0.1) is 6.61 Å². The van der Waals surface area contributed by atoms with Gasteiger partial charge in [-0.2, -0.15) is 4.99 Å². The molecular weight excluding hydrogens is 310 g/mol. The predicted octanol–water partition coefficient (Wildman–Crippen LogP) is 2.24. The molecule has 5 nitrogen and oxygen atoms in total. The zero-order valence-electron chi connectivity index (χ0n) is 10.9. The second-order valence-corrected chi connectivity index (χ2v) is 5.27. The minimum atomic E-state index is -0.309. The Hall–Kier alpha value is -1.40. The lowest BCUT2D eigenvalue weighted by atomic mass is 10.0. The van der Waals surface area contributed by atoms with Gasteiger partial charge in [0, 0.05) is 18.1 Å². The lowest BCUT2D eigenvalue weighted by Gasteiger charge is -2.24. The Balaban J connectivity index is 2.31. The van der Waals surface area contributed by atoms with Crippen molar-refractivity contribution in [2.75, 3.05) is 20.3 Å². The first-order valence-electron chi connectivity index (χ1n) is 5.94. The highest BCUT2D eigenvalue weighted by atomic mass is 79.9. The van der Waals surface area contributed by atoms with Gasteiger partial charge >= 0.3 is 6.03 Å². The van der Waals surface area contributed by atoms with Crippen molar-refractivity contribution in [2.45, 2.75) is 13.0 Å². The number of aliphatic imine (C=N–C) groups is 1.